The molecule has 150 valence electrons. The van der Waals surface area contributed by atoms with Gasteiger partial charge >= 0.3 is 5.97 Å². The molecule has 1 heterocycles. The molecule has 0 spiro atoms. The van der Waals surface area contributed by atoms with Crippen LogP contribution in [0.4, 0.5) is 0 Å². The molecule has 0 radical (unpaired) electrons. The summed E-state index contributed by atoms with van der Waals surface area (Å²) in [6.07, 6.45) is 1.66. The minimum absolute atomic E-state index is 0.191. The van der Waals surface area contributed by atoms with Gasteiger partial charge in [-0.2, -0.15) is 0 Å². The highest BCUT2D eigenvalue weighted by Crippen LogP contribution is 2.26. The first-order valence-electron chi connectivity index (χ1n) is 8.94. The van der Waals surface area contributed by atoms with E-state index in [1.807, 2.05) is 48.5 Å². The third kappa shape index (κ3) is 4.86. The van der Waals surface area contributed by atoms with Crippen LogP contribution in [0, 0.1) is 3.57 Å². The highest BCUT2D eigenvalue weighted by molar-refractivity contribution is 14.1. The van der Waals surface area contributed by atoms with Crippen molar-refractivity contribution >= 4 is 63.7 Å². The summed E-state index contributed by atoms with van der Waals surface area (Å²) in [5.41, 5.74) is 2.67. The van der Waals surface area contributed by atoms with Gasteiger partial charge in [0.05, 0.1) is 10.0 Å². The number of cyclic esters (lactones) is 1. The highest BCUT2D eigenvalue weighted by atomic mass is 127. The lowest BCUT2D eigenvalue weighted by molar-refractivity contribution is -0.129. The third-order valence-electron chi connectivity index (χ3n) is 4.30. The fourth-order valence-corrected chi connectivity index (χ4v) is 3.63. The quantitative estimate of drug-likeness (QED) is 0.207. The summed E-state index contributed by atoms with van der Waals surface area (Å²) in [6, 6.07) is 20.4. The molecule has 0 amide bonds. The minimum atomic E-state index is -0.527. The Kier molecular flexibility index (Phi) is 6.41. The fourth-order valence-electron chi connectivity index (χ4n) is 2.79. The molecule has 3 aromatic rings. The molecule has 0 bridgehead atoms. The number of ether oxygens (including phenoxy) is 2. The van der Waals surface area contributed by atoms with Crippen molar-refractivity contribution in [3.05, 3.63) is 103 Å². The van der Waals surface area contributed by atoms with Crippen molar-refractivity contribution in [1.29, 1.82) is 0 Å². The van der Waals surface area contributed by atoms with Crippen LogP contribution in [0.5, 0.6) is 5.75 Å². The lowest BCUT2D eigenvalue weighted by atomic mass is 10.2. The van der Waals surface area contributed by atoms with E-state index in [1.165, 1.54) is 0 Å². The van der Waals surface area contributed by atoms with Crippen molar-refractivity contribution < 1.29 is 14.3 Å². The summed E-state index contributed by atoms with van der Waals surface area (Å²) in [7, 11) is 0. The van der Waals surface area contributed by atoms with Crippen LogP contribution in [0.1, 0.15) is 16.7 Å². The Hall–Kier alpha value is -2.35. The van der Waals surface area contributed by atoms with Crippen LogP contribution in [0.3, 0.4) is 0 Å². The van der Waals surface area contributed by atoms with Gasteiger partial charge in [-0.15, -0.1) is 0 Å². The highest BCUT2D eigenvalue weighted by Gasteiger charge is 2.24. The zero-order chi connectivity index (χ0) is 21.1. The van der Waals surface area contributed by atoms with Crippen molar-refractivity contribution in [3.8, 4) is 5.75 Å². The number of carbonyl (C=O) groups is 1. The lowest BCUT2D eigenvalue weighted by Crippen LogP contribution is -2.05. The molecule has 3 aromatic carbocycles. The van der Waals surface area contributed by atoms with E-state index in [0.29, 0.717) is 28.0 Å². The zero-order valence-electron chi connectivity index (χ0n) is 15.4. The summed E-state index contributed by atoms with van der Waals surface area (Å²) < 4.78 is 12.3. The molecule has 0 aliphatic carbocycles. The number of aliphatic imine (C=N–C) groups is 1. The van der Waals surface area contributed by atoms with E-state index in [9.17, 15) is 4.79 Å². The van der Waals surface area contributed by atoms with Crippen molar-refractivity contribution in [3.63, 3.8) is 0 Å². The van der Waals surface area contributed by atoms with Gasteiger partial charge in [-0.3, -0.25) is 0 Å². The van der Waals surface area contributed by atoms with E-state index in [4.69, 9.17) is 32.7 Å². The standard InChI is InChI=1S/C23H14Cl2INO3/c24-18-9-8-15(12-19(18)25)22-27-21(23(28)30-22)11-14-4-3-6-17(10-14)29-13-16-5-1-2-7-20(16)26/h1-12H,13H2/b21-11-. The van der Waals surface area contributed by atoms with Crippen molar-refractivity contribution in [2.75, 3.05) is 0 Å². The average molecular weight is 550 g/mol. The van der Waals surface area contributed by atoms with Crippen LogP contribution in [-0.2, 0) is 16.1 Å². The van der Waals surface area contributed by atoms with Crippen LogP contribution in [-0.4, -0.2) is 11.9 Å². The Morgan fingerprint density at radius 2 is 1.83 bits per heavy atom. The number of nitrogens with zero attached hydrogens (tertiary/aromatic N) is 1. The topological polar surface area (TPSA) is 47.9 Å². The van der Waals surface area contributed by atoms with E-state index in [0.717, 1.165) is 14.7 Å². The second kappa shape index (κ2) is 9.20. The number of hydrogen-bond donors (Lipinski definition) is 0. The SMILES string of the molecule is O=C1OC(c2ccc(Cl)c(Cl)c2)=N/C1=C\c1cccc(OCc2ccccc2I)c1. The predicted molar refractivity (Wildman–Crippen MR) is 127 cm³/mol. The van der Waals surface area contributed by atoms with E-state index < -0.39 is 5.97 Å². The molecule has 4 rings (SSSR count). The smallest absolute Gasteiger partial charge is 0.363 e. The molecule has 1 aliphatic rings. The lowest BCUT2D eigenvalue weighted by Gasteiger charge is -2.08. The molecule has 0 saturated carbocycles. The number of hydrogen-bond acceptors (Lipinski definition) is 4. The number of carbonyl (C=O) groups excluding carboxylic acids is 1. The summed E-state index contributed by atoms with van der Waals surface area (Å²) >= 11 is 14.3. The molecule has 0 fully saturated rings. The predicted octanol–water partition coefficient (Wildman–Crippen LogP) is 6.52. The maximum Gasteiger partial charge on any atom is 0.363 e. The Bertz CT molecular complexity index is 1190. The summed E-state index contributed by atoms with van der Waals surface area (Å²) in [5.74, 6) is 0.362. The van der Waals surface area contributed by atoms with Crippen molar-refractivity contribution in [2.45, 2.75) is 6.61 Å². The third-order valence-corrected chi connectivity index (χ3v) is 6.09. The molecule has 1 aliphatic heterocycles. The Balaban J connectivity index is 1.53. The summed E-state index contributed by atoms with van der Waals surface area (Å²) in [5, 5.41) is 0.784. The van der Waals surface area contributed by atoms with E-state index in [1.54, 1.807) is 24.3 Å². The van der Waals surface area contributed by atoms with Gasteiger partial charge in [0, 0.05) is 14.7 Å². The molecule has 4 nitrogen and oxygen atoms in total. The molecular weight excluding hydrogens is 536 g/mol. The number of benzene rings is 3. The first-order chi connectivity index (χ1) is 14.5. The van der Waals surface area contributed by atoms with E-state index >= 15 is 0 Å². The van der Waals surface area contributed by atoms with Gasteiger partial charge in [-0.25, -0.2) is 9.79 Å². The maximum absolute atomic E-state index is 12.3. The fraction of sp³-hybridized carbons (Fsp3) is 0.0435. The summed E-state index contributed by atoms with van der Waals surface area (Å²) in [6.45, 7) is 0.459. The number of halogens is 3. The summed E-state index contributed by atoms with van der Waals surface area (Å²) in [4.78, 5) is 16.6. The molecule has 0 aromatic heterocycles. The van der Waals surface area contributed by atoms with Gasteiger partial charge in [0.15, 0.2) is 5.70 Å². The first kappa shape index (κ1) is 20.9. The van der Waals surface area contributed by atoms with Crippen molar-refractivity contribution in [1.82, 2.24) is 0 Å². The molecule has 0 saturated heterocycles. The van der Waals surface area contributed by atoms with E-state index in [-0.39, 0.29) is 11.6 Å². The second-order valence-corrected chi connectivity index (χ2v) is 8.39. The maximum atomic E-state index is 12.3. The van der Waals surface area contributed by atoms with Crippen LogP contribution >= 0.6 is 45.8 Å². The molecule has 0 N–H and O–H groups in total. The molecule has 0 atom stereocenters. The van der Waals surface area contributed by atoms with Gasteiger partial charge in [0.1, 0.15) is 12.4 Å². The minimum Gasteiger partial charge on any atom is -0.489 e. The van der Waals surface area contributed by atoms with Gasteiger partial charge < -0.3 is 9.47 Å². The Labute approximate surface area is 197 Å². The van der Waals surface area contributed by atoms with Crippen molar-refractivity contribution in [2.24, 2.45) is 4.99 Å². The number of rotatable bonds is 5. The van der Waals surface area contributed by atoms with Gasteiger partial charge in [0.2, 0.25) is 5.90 Å². The first-order valence-corrected chi connectivity index (χ1v) is 10.8. The molecule has 7 heteroatoms. The normalized spacial score (nSPS) is 14.6. The van der Waals surface area contributed by atoms with Crippen LogP contribution in [0.15, 0.2) is 77.4 Å². The molecular formula is C23H14Cl2INO3. The van der Waals surface area contributed by atoms with Crippen LogP contribution in [0.2, 0.25) is 10.0 Å². The van der Waals surface area contributed by atoms with Gasteiger partial charge in [0.25, 0.3) is 0 Å². The average Bonchev–Trinajstić information content (AvgIpc) is 3.10. The van der Waals surface area contributed by atoms with Crippen LogP contribution in [0.25, 0.3) is 6.08 Å². The zero-order valence-corrected chi connectivity index (χ0v) is 19.1. The monoisotopic (exact) mass is 549 g/mol. The number of esters is 1. The Morgan fingerprint density at radius 3 is 2.63 bits per heavy atom. The van der Waals surface area contributed by atoms with Gasteiger partial charge in [-0.05, 0) is 70.6 Å². The largest absolute Gasteiger partial charge is 0.489 e. The molecule has 0 unspecified atom stereocenters. The Morgan fingerprint density at radius 1 is 1.00 bits per heavy atom. The molecule has 30 heavy (non-hydrogen) atoms. The van der Waals surface area contributed by atoms with Gasteiger partial charge in [-0.1, -0.05) is 53.5 Å². The van der Waals surface area contributed by atoms with E-state index in [2.05, 4.69) is 27.6 Å². The second-order valence-electron chi connectivity index (χ2n) is 6.42. The van der Waals surface area contributed by atoms with Crippen LogP contribution < -0.4 is 4.74 Å².